The Morgan fingerprint density at radius 3 is 1.88 bits per heavy atom. The lowest BCUT2D eigenvalue weighted by atomic mass is 9.81. The Bertz CT molecular complexity index is 323. The molecule has 0 fully saturated rings. The molecule has 8 nitrogen and oxygen atoms in total. The van der Waals surface area contributed by atoms with Crippen LogP contribution >= 0.6 is 0 Å². The average molecular weight is 250 g/mol. The van der Waals surface area contributed by atoms with E-state index in [0.29, 0.717) is 0 Å². The maximum Gasteiger partial charge on any atom is 0.337 e. The highest BCUT2D eigenvalue weighted by atomic mass is 16.4. The Labute approximate surface area is 96.1 Å². The summed E-state index contributed by atoms with van der Waals surface area (Å²) >= 11 is 0. The van der Waals surface area contributed by atoms with Gasteiger partial charge in [0, 0.05) is 0 Å². The van der Waals surface area contributed by atoms with E-state index < -0.39 is 48.4 Å². The van der Waals surface area contributed by atoms with Gasteiger partial charge in [-0.3, -0.25) is 9.59 Å². The molecule has 0 aromatic heterocycles. The van der Waals surface area contributed by atoms with Crippen molar-refractivity contribution in [2.45, 2.75) is 31.5 Å². The Hall–Kier alpha value is -1.67. The van der Waals surface area contributed by atoms with Crippen molar-refractivity contribution < 1.29 is 39.9 Å². The lowest BCUT2D eigenvalue weighted by molar-refractivity contribution is -0.180. The van der Waals surface area contributed by atoms with Crippen LogP contribution in [0.4, 0.5) is 0 Å². The molecule has 0 aliphatic carbocycles. The molecule has 0 radical (unpaired) electrons. The summed E-state index contributed by atoms with van der Waals surface area (Å²) in [7, 11) is 0. The van der Waals surface area contributed by atoms with Crippen LogP contribution in [0.1, 0.15) is 19.8 Å². The van der Waals surface area contributed by atoms with Crippen LogP contribution in [-0.2, 0) is 14.4 Å². The summed E-state index contributed by atoms with van der Waals surface area (Å²) in [5.74, 6) is -7.19. The minimum Gasteiger partial charge on any atom is -0.481 e. The molecule has 0 aromatic carbocycles. The molecule has 0 aromatic rings. The van der Waals surface area contributed by atoms with E-state index in [9.17, 15) is 19.5 Å². The Balaban J connectivity index is 5.29. The fourth-order valence-electron chi connectivity index (χ4n) is 1.42. The number of hydrogen-bond acceptors (Lipinski definition) is 5. The van der Waals surface area contributed by atoms with E-state index in [1.54, 1.807) is 0 Å². The van der Waals surface area contributed by atoms with Crippen LogP contribution in [0, 0.1) is 5.92 Å². The molecule has 3 atom stereocenters. The second kappa shape index (κ2) is 5.60. The van der Waals surface area contributed by atoms with E-state index in [1.807, 2.05) is 0 Å². The molecule has 0 saturated carbocycles. The summed E-state index contributed by atoms with van der Waals surface area (Å²) in [4.78, 5) is 32.1. The molecule has 0 amide bonds. The Kier molecular flexibility index (Phi) is 5.05. The highest BCUT2D eigenvalue weighted by Gasteiger charge is 2.50. The molecule has 5 N–H and O–H groups in total. The molecule has 0 aliphatic rings. The lowest BCUT2D eigenvalue weighted by Gasteiger charge is -2.28. The van der Waals surface area contributed by atoms with E-state index in [-0.39, 0.29) is 0 Å². The average Bonchev–Trinajstić information content (AvgIpc) is 2.11. The number of carboxylic acid groups (broad SMARTS) is 3. The standard InChI is InChI=1S/C9H14O8/c1-4(10)2-5(7(13)14)9(17,8(15)16)3-6(11)12/h4-5,10,17H,2-3H2,1H3,(H,11,12)(H,13,14)(H,15,16). The molecular weight excluding hydrogens is 236 g/mol. The van der Waals surface area contributed by atoms with E-state index in [2.05, 4.69) is 0 Å². The minimum atomic E-state index is -2.95. The number of aliphatic carboxylic acids is 3. The second-order valence-electron chi connectivity index (χ2n) is 3.78. The molecule has 17 heavy (non-hydrogen) atoms. The minimum absolute atomic E-state index is 0.564. The number of hydrogen-bond donors (Lipinski definition) is 5. The summed E-state index contributed by atoms with van der Waals surface area (Å²) < 4.78 is 0. The van der Waals surface area contributed by atoms with Crippen LogP contribution in [0.25, 0.3) is 0 Å². The first-order chi connectivity index (χ1) is 7.61. The molecular formula is C9H14O8. The zero-order valence-electron chi connectivity index (χ0n) is 9.03. The van der Waals surface area contributed by atoms with Gasteiger partial charge in [0.15, 0.2) is 5.60 Å². The Morgan fingerprint density at radius 1 is 1.18 bits per heavy atom. The zero-order chi connectivity index (χ0) is 13.8. The van der Waals surface area contributed by atoms with Gasteiger partial charge in [0.2, 0.25) is 0 Å². The molecule has 0 saturated heterocycles. The highest BCUT2D eigenvalue weighted by molar-refractivity contribution is 5.89. The first-order valence-corrected chi connectivity index (χ1v) is 4.69. The smallest absolute Gasteiger partial charge is 0.337 e. The van der Waals surface area contributed by atoms with Gasteiger partial charge in [0.05, 0.1) is 18.4 Å². The van der Waals surface area contributed by atoms with Crippen molar-refractivity contribution in [3.8, 4) is 0 Å². The first kappa shape index (κ1) is 15.3. The van der Waals surface area contributed by atoms with Crippen LogP contribution in [0.2, 0.25) is 0 Å². The van der Waals surface area contributed by atoms with Gasteiger partial charge in [0.1, 0.15) is 0 Å². The van der Waals surface area contributed by atoms with Gasteiger partial charge in [-0.25, -0.2) is 4.79 Å². The van der Waals surface area contributed by atoms with Crippen molar-refractivity contribution in [2.75, 3.05) is 0 Å². The van der Waals surface area contributed by atoms with Gasteiger partial charge in [-0.15, -0.1) is 0 Å². The molecule has 0 spiro atoms. The van der Waals surface area contributed by atoms with Crippen molar-refractivity contribution in [1.29, 1.82) is 0 Å². The quantitative estimate of drug-likeness (QED) is 0.375. The third-order valence-electron chi connectivity index (χ3n) is 2.24. The lowest BCUT2D eigenvalue weighted by Crippen LogP contribution is -2.51. The molecule has 0 heterocycles. The van der Waals surface area contributed by atoms with E-state index >= 15 is 0 Å². The topological polar surface area (TPSA) is 152 Å². The van der Waals surface area contributed by atoms with Crippen LogP contribution in [0.15, 0.2) is 0 Å². The summed E-state index contributed by atoms with van der Waals surface area (Å²) in [5.41, 5.74) is -2.95. The number of carbonyl (C=O) groups is 3. The zero-order valence-corrected chi connectivity index (χ0v) is 9.03. The van der Waals surface area contributed by atoms with Gasteiger partial charge in [0.25, 0.3) is 0 Å². The largest absolute Gasteiger partial charge is 0.481 e. The number of rotatable bonds is 7. The van der Waals surface area contributed by atoms with E-state index in [1.165, 1.54) is 6.92 Å². The van der Waals surface area contributed by atoms with Crippen molar-refractivity contribution in [3.05, 3.63) is 0 Å². The highest BCUT2D eigenvalue weighted by Crippen LogP contribution is 2.27. The normalized spacial score (nSPS) is 17.8. The third-order valence-corrected chi connectivity index (χ3v) is 2.24. The molecule has 3 unspecified atom stereocenters. The van der Waals surface area contributed by atoms with Crippen LogP contribution < -0.4 is 0 Å². The monoisotopic (exact) mass is 250 g/mol. The maximum atomic E-state index is 10.8. The SMILES string of the molecule is CC(O)CC(C(=O)O)C(O)(CC(=O)O)C(=O)O. The van der Waals surface area contributed by atoms with Crippen LogP contribution in [-0.4, -0.2) is 55.1 Å². The fourth-order valence-corrected chi connectivity index (χ4v) is 1.42. The summed E-state index contributed by atoms with van der Waals surface area (Å²) in [5, 5.41) is 44.7. The van der Waals surface area contributed by atoms with Gasteiger partial charge < -0.3 is 25.5 Å². The fraction of sp³-hybridized carbons (Fsp3) is 0.667. The molecule has 98 valence electrons. The number of aliphatic hydroxyl groups excluding tert-OH is 1. The summed E-state index contributed by atoms with van der Waals surface area (Å²) in [6.07, 6.45) is -3.01. The molecule has 0 bridgehead atoms. The second-order valence-corrected chi connectivity index (χ2v) is 3.78. The maximum absolute atomic E-state index is 10.8. The van der Waals surface area contributed by atoms with Gasteiger partial charge in [-0.1, -0.05) is 0 Å². The Morgan fingerprint density at radius 2 is 1.65 bits per heavy atom. The predicted molar refractivity (Wildman–Crippen MR) is 52.3 cm³/mol. The van der Waals surface area contributed by atoms with Crippen molar-refractivity contribution in [2.24, 2.45) is 5.92 Å². The molecule has 8 heteroatoms. The summed E-state index contributed by atoms with van der Waals surface area (Å²) in [6, 6.07) is 0. The van der Waals surface area contributed by atoms with Gasteiger partial charge in [-0.05, 0) is 13.3 Å². The van der Waals surface area contributed by atoms with E-state index in [0.717, 1.165) is 0 Å². The van der Waals surface area contributed by atoms with Gasteiger partial charge >= 0.3 is 17.9 Å². The predicted octanol–water partition coefficient (Wildman–Crippen LogP) is -1.25. The van der Waals surface area contributed by atoms with Crippen LogP contribution in [0.5, 0.6) is 0 Å². The first-order valence-electron chi connectivity index (χ1n) is 4.69. The van der Waals surface area contributed by atoms with Crippen molar-refractivity contribution >= 4 is 17.9 Å². The summed E-state index contributed by atoms with van der Waals surface area (Å²) in [6.45, 7) is 1.21. The molecule has 0 aliphatic heterocycles. The van der Waals surface area contributed by atoms with Crippen molar-refractivity contribution in [3.63, 3.8) is 0 Å². The van der Waals surface area contributed by atoms with E-state index in [4.69, 9.17) is 20.4 Å². The number of aliphatic hydroxyl groups is 2. The van der Waals surface area contributed by atoms with Crippen molar-refractivity contribution in [1.82, 2.24) is 0 Å². The van der Waals surface area contributed by atoms with Crippen LogP contribution in [0.3, 0.4) is 0 Å². The third kappa shape index (κ3) is 4.00. The van der Waals surface area contributed by atoms with Gasteiger partial charge in [-0.2, -0.15) is 0 Å². The number of carboxylic acids is 3. The molecule has 0 rings (SSSR count).